The average molecular weight is 435 g/mol. The molecule has 0 aliphatic rings. The van der Waals surface area contributed by atoms with Gasteiger partial charge in [0, 0.05) is 21.7 Å². The molecule has 3 aromatic rings. The number of hydrogen-bond donors (Lipinski definition) is 1. The van der Waals surface area contributed by atoms with Crippen LogP contribution in [0.15, 0.2) is 69.9 Å². The third-order valence-corrected chi connectivity index (χ3v) is 4.30. The Hall–Kier alpha value is -1.92. The highest BCUT2D eigenvalue weighted by Crippen LogP contribution is 2.14. The Balaban J connectivity index is 1.67. The molecule has 0 radical (unpaired) electrons. The van der Waals surface area contributed by atoms with Crippen molar-refractivity contribution in [2.75, 3.05) is 0 Å². The lowest BCUT2D eigenvalue weighted by molar-refractivity contribution is 0.0951. The van der Waals surface area contributed by atoms with Crippen molar-refractivity contribution in [1.29, 1.82) is 0 Å². The van der Waals surface area contributed by atoms with E-state index in [9.17, 15) is 4.79 Å². The molecule has 0 fully saturated rings. The fourth-order valence-corrected chi connectivity index (χ4v) is 2.82. The molecule has 0 bridgehead atoms. The summed E-state index contributed by atoms with van der Waals surface area (Å²) < 4.78 is 3.67. The largest absolute Gasteiger partial charge is 0.348 e. The Labute approximate surface area is 150 Å². The van der Waals surface area contributed by atoms with Gasteiger partial charge in [-0.3, -0.25) is 4.79 Å². The van der Waals surface area contributed by atoms with Crippen molar-refractivity contribution in [2.45, 2.75) is 6.54 Å². The maximum absolute atomic E-state index is 12.2. The number of amides is 1. The molecule has 4 nitrogen and oxygen atoms in total. The molecule has 116 valence electrons. The van der Waals surface area contributed by atoms with E-state index in [0.717, 1.165) is 20.2 Å². The SMILES string of the molecule is O=C(NCc1cccc(Br)c1)c1cnn(-c2ccc(Br)cc2)c1. The minimum atomic E-state index is -0.145. The van der Waals surface area contributed by atoms with Gasteiger partial charge in [-0.15, -0.1) is 0 Å². The van der Waals surface area contributed by atoms with E-state index in [2.05, 4.69) is 42.3 Å². The molecular weight excluding hydrogens is 422 g/mol. The third kappa shape index (κ3) is 4.09. The van der Waals surface area contributed by atoms with Gasteiger partial charge >= 0.3 is 0 Å². The Kier molecular flexibility index (Phi) is 4.93. The van der Waals surface area contributed by atoms with Crippen LogP contribution in [-0.2, 0) is 6.54 Å². The molecular formula is C17H13Br2N3O. The van der Waals surface area contributed by atoms with Gasteiger partial charge in [0.1, 0.15) is 0 Å². The highest BCUT2D eigenvalue weighted by Gasteiger charge is 2.09. The molecule has 1 aromatic heterocycles. The summed E-state index contributed by atoms with van der Waals surface area (Å²) in [5, 5.41) is 7.14. The molecule has 0 aliphatic carbocycles. The lowest BCUT2D eigenvalue weighted by Gasteiger charge is -2.04. The maximum Gasteiger partial charge on any atom is 0.254 e. The number of carbonyl (C=O) groups is 1. The summed E-state index contributed by atoms with van der Waals surface area (Å²) >= 11 is 6.82. The Morgan fingerprint density at radius 1 is 1.09 bits per heavy atom. The second-order valence-corrected chi connectivity index (χ2v) is 6.79. The molecule has 1 amide bonds. The van der Waals surface area contributed by atoms with Crippen LogP contribution < -0.4 is 5.32 Å². The van der Waals surface area contributed by atoms with Crippen molar-refractivity contribution in [2.24, 2.45) is 0 Å². The van der Waals surface area contributed by atoms with E-state index in [4.69, 9.17) is 0 Å². The first kappa shape index (κ1) is 16.0. The number of benzene rings is 2. The van der Waals surface area contributed by atoms with Gasteiger partial charge in [0.15, 0.2) is 0 Å². The molecule has 0 atom stereocenters. The number of aromatic nitrogens is 2. The second-order valence-electron chi connectivity index (χ2n) is 4.96. The highest BCUT2D eigenvalue weighted by atomic mass is 79.9. The van der Waals surface area contributed by atoms with Crippen LogP contribution in [0.25, 0.3) is 5.69 Å². The summed E-state index contributed by atoms with van der Waals surface area (Å²) in [5.74, 6) is -0.145. The van der Waals surface area contributed by atoms with Gasteiger partial charge in [0.2, 0.25) is 0 Å². The minimum absolute atomic E-state index is 0.145. The number of nitrogens with zero attached hydrogens (tertiary/aromatic N) is 2. The van der Waals surface area contributed by atoms with E-state index in [-0.39, 0.29) is 5.91 Å². The van der Waals surface area contributed by atoms with Crippen molar-refractivity contribution < 1.29 is 4.79 Å². The van der Waals surface area contributed by atoms with Crippen LogP contribution in [0.2, 0.25) is 0 Å². The molecule has 0 spiro atoms. The minimum Gasteiger partial charge on any atom is -0.348 e. The third-order valence-electron chi connectivity index (χ3n) is 3.28. The van der Waals surface area contributed by atoms with E-state index in [1.807, 2.05) is 48.5 Å². The fraction of sp³-hybridized carbons (Fsp3) is 0.0588. The summed E-state index contributed by atoms with van der Waals surface area (Å²) in [6, 6.07) is 15.6. The first-order valence-corrected chi connectivity index (χ1v) is 8.54. The first-order chi connectivity index (χ1) is 11.1. The molecule has 1 heterocycles. The lowest BCUT2D eigenvalue weighted by Crippen LogP contribution is -2.22. The zero-order valence-corrected chi connectivity index (χ0v) is 15.2. The lowest BCUT2D eigenvalue weighted by atomic mass is 10.2. The van der Waals surface area contributed by atoms with Gasteiger partial charge in [0.25, 0.3) is 5.91 Å². The van der Waals surface area contributed by atoms with E-state index >= 15 is 0 Å². The van der Waals surface area contributed by atoms with Crippen LogP contribution in [0.3, 0.4) is 0 Å². The van der Waals surface area contributed by atoms with Crippen molar-refractivity contribution in [3.05, 3.63) is 81.0 Å². The predicted octanol–water partition coefficient (Wildman–Crippen LogP) is 4.33. The molecule has 1 N–H and O–H groups in total. The number of rotatable bonds is 4. The van der Waals surface area contributed by atoms with E-state index in [1.165, 1.54) is 0 Å². The van der Waals surface area contributed by atoms with Gasteiger partial charge in [-0.1, -0.05) is 44.0 Å². The zero-order valence-electron chi connectivity index (χ0n) is 12.0. The van der Waals surface area contributed by atoms with E-state index in [0.29, 0.717) is 12.1 Å². The number of halogens is 2. The van der Waals surface area contributed by atoms with Crippen LogP contribution >= 0.6 is 31.9 Å². The summed E-state index contributed by atoms with van der Waals surface area (Å²) in [6.07, 6.45) is 3.29. The summed E-state index contributed by atoms with van der Waals surface area (Å²) in [5.41, 5.74) is 2.47. The Morgan fingerprint density at radius 2 is 1.87 bits per heavy atom. The van der Waals surface area contributed by atoms with Gasteiger partial charge in [0.05, 0.1) is 17.4 Å². The van der Waals surface area contributed by atoms with Crippen molar-refractivity contribution in [3.8, 4) is 5.69 Å². The number of nitrogens with one attached hydrogen (secondary N) is 1. The van der Waals surface area contributed by atoms with Crippen LogP contribution in [-0.4, -0.2) is 15.7 Å². The summed E-state index contributed by atoms with van der Waals surface area (Å²) in [4.78, 5) is 12.2. The molecule has 0 aliphatic heterocycles. The van der Waals surface area contributed by atoms with E-state index < -0.39 is 0 Å². The summed E-state index contributed by atoms with van der Waals surface area (Å²) in [7, 11) is 0. The molecule has 6 heteroatoms. The molecule has 3 rings (SSSR count). The molecule has 23 heavy (non-hydrogen) atoms. The van der Waals surface area contributed by atoms with Crippen LogP contribution in [0.5, 0.6) is 0 Å². The number of carbonyl (C=O) groups excluding carboxylic acids is 1. The van der Waals surface area contributed by atoms with Crippen LogP contribution in [0.4, 0.5) is 0 Å². The monoisotopic (exact) mass is 433 g/mol. The standard InChI is InChI=1S/C17H13Br2N3O/c18-14-4-6-16(7-5-14)22-11-13(10-21-22)17(23)20-9-12-2-1-3-15(19)8-12/h1-8,10-11H,9H2,(H,20,23). The Morgan fingerprint density at radius 3 is 2.61 bits per heavy atom. The average Bonchev–Trinajstić information content (AvgIpc) is 3.03. The van der Waals surface area contributed by atoms with Gasteiger partial charge in [-0.2, -0.15) is 5.10 Å². The maximum atomic E-state index is 12.2. The van der Waals surface area contributed by atoms with Crippen molar-refractivity contribution >= 4 is 37.8 Å². The first-order valence-electron chi connectivity index (χ1n) is 6.95. The van der Waals surface area contributed by atoms with Gasteiger partial charge in [-0.05, 0) is 42.0 Å². The van der Waals surface area contributed by atoms with Gasteiger partial charge < -0.3 is 5.32 Å². The normalized spacial score (nSPS) is 10.5. The Bertz CT molecular complexity index is 828. The molecule has 0 saturated heterocycles. The summed E-state index contributed by atoms with van der Waals surface area (Å²) in [6.45, 7) is 0.474. The molecule has 0 unspecified atom stereocenters. The number of hydrogen-bond acceptors (Lipinski definition) is 2. The molecule has 2 aromatic carbocycles. The van der Waals surface area contributed by atoms with Gasteiger partial charge in [-0.25, -0.2) is 4.68 Å². The topological polar surface area (TPSA) is 46.9 Å². The van der Waals surface area contributed by atoms with Crippen LogP contribution in [0.1, 0.15) is 15.9 Å². The fourth-order valence-electron chi connectivity index (χ4n) is 2.11. The second kappa shape index (κ2) is 7.10. The van der Waals surface area contributed by atoms with Crippen LogP contribution in [0, 0.1) is 0 Å². The zero-order chi connectivity index (χ0) is 16.2. The smallest absolute Gasteiger partial charge is 0.254 e. The van der Waals surface area contributed by atoms with Crippen molar-refractivity contribution in [3.63, 3.8) is 0 Å². The van der Waals surface area contributed by atoms with E-state index in [1.54, 1.807) is 17.1 Å². The highest BCUT2D eigenvalue weighted by molar-refractivity contribution is 9.10. The molecule has 0 saturated carbocycles. The predicted molar refractivity (Wildman–Crippen MR) is 96.6 cm³/mol. The van der Waals surface area contributed by atoms with Crippen molar-refractivity contribution in [1.82, 2.24) is 15.1 Å². The quantitative estimate of drug-likeness (QED) is 0.664.